The van der Waals surface area contributed by atoms with Crippen LogP contribution in [0.4, 0.5) is 34.1 Å². The first-order chi connectivity index (χ1) is 19.0. The van der Waals surface area contributed by atoms with E-state index >= 15 is 0 Å². The molecule has 0 aliphatic heterocycles. The van der Waals surface area contributed by atoms with Crippen molar-refractivity contribution in [1.82, 2.24) is 0 Å². The summed E-state index contributed by atoms with van der Waals surface area (Å²) in [6, 6.07) is 12.0. The number of esters is 1. The van der Waals surface area contributed by atoms with Crippen molar-refractivity contribution >= 4 is 60.0 Å². The average Bonchev–Trinajstić information content (AvgIpc) is 2.90. The molecule has 3 aromatic rings. The Morgan fingerprint density at radius 1 is 0.829 bits per heavy atom. The zero-order valence-electron chi connectivity index (χ0n) is 22.3. The van der Waals surface area contributed by atoms with E-state index in [0.29, 0.717) is 23.6 Å². The van der Waals surface area contributed by atoms with Crippen LogP contribution < -0.4 is 39.1 Å². The van der Waals surface area contributed by atoms with Crippen LogP contribution in [0.2, 0.25) is 0 Å². The Bertz CT molecular complexity index is 1580. The van der Waals surface area contributed by atoms with Gasteiger partial charge in [-0.15, -0.1) is 0 Å². The van der Waals surface area contributed by atoms with E-state index in [1.54, 1.807) is 31.2 Å². The van der Waals surface area contributed by atoms with E-state index in [1.165, 1.54) is 25.3 Å². The van der Waals surface area contributed by atoms with Gasteiger partial charge in [0, 0.05) is 5.69 Å². The van der Waals surface area contributed by atoms with Gasteiger partial charge in [-0.3, -0.25) is 4.55 Å². The fraction of sp³-hybridized carbons (Fsp3) is 0.208. The summed E-state index contributed by atoms with van der Waals surface area (Å²) in [5.41, 5.74) is 33.2. The van der Waals surface area contributed by atoms with Crippen molar-refractivity contribution in [1.29, 1.82) is 0 Å². The van der Waals surface area contributed by atoms with Gasteiger partial charge in [-0.05, 0) is 43.3 Å². The molecule has 0 heterocycles. The molecule has 0 saturated heterocycles. The smallest absolute Gasteiger partial charge is 0.340 e. The minimum Gasteiger partial charge on any atom is -0.495 e. The minimum atomic E-state index is -4.44. The van der Waals surface area contributed by atoms with E-state index in [0.717, 1.165) is 6.07 Å². The molecule has 41 heavy (non-hydrogen) atoms. The van der Waals surface area contributed by atoms with Crippen LogP contribution >= 0.6 is 0 Å². The van der Waals surface area contributed by atoms with Crippen molar-refractivity contribution in [2.75, 3.05) is 60.5 Å². The van der Waals surface area contributed by atoms with Gasteiger partial charge in [0.1, 0.15) is 10.6 Å². The number of carbonyl (C=O) groups is 1. The van der Waals surface area contributed by atoms with Gasteiger partial charge in [-0.25, -0.2) is 13.2 Å². The fourth-order valence-corrected chi connectivity index (χ4v) is 4.70. The first-order valence-electron chi connectivity index (χ1n) is 11.5. The van der Waals surface area contributed by atoms with Crippen LogP contribution in [0, 0.1) is 0 Å². The Morgan fingerprint density at radius 2 is 1.44 bits per heavy atom. The lowest BCUT2D eigenvalue weighted by Crippen LogP contribution is -2.10. The summed E-state index contributed by atoms with van der Waals surface area (Å²) in [6.07, 6.45) is 0. The van der Waals surface area contributed by atoms with Crippen molar-refractivity contribution < 1.29 is 40.8 Å². The summed E-state index contributed by atoms with van der Waals surface area (Å²) >= 11 is 0. The Morgan fingerprint density at radius 3 is 1.93 bits per heavy atom. The predicted octanol–water partition coefficient (Wildman–Crippen LogP) is 0.751. The Hall–Kier alpha value is -4.45. The monoisotopic (exact) mass is 614 g/mol. The lowest BCUT2D eigenvalue weighted by atomic mass is 10.2. The minimum absolute atomic E-state index is 0.00472. The molecule has 226 valence electrons. The molecule has 15 nitrogen and oxygen atoms in total. The number of hydrogen-bond donors (Lipinski definition) is 8. The van der Waals surface area contributed by atoms with E-state index in [4.69, 9.17) is 53.5 Å². The van der Waals surface area contributed by atoms with Gasteiger partial charge in [0.2, 0.25) is 0 Å². The summed E-state index contributed by atoms with van der Waals surface area (Å²) in [4.78, 5) is 10.7. The van der Waals surface area contributed by atoms with Crippen LogP contribution in [0.3, 0.4) is 0 Å². The highest BCUT2D eigenvalue weighted by Crippen LogP contribution is 2.34. The van der Waals surface area contributed by atoms with E-state index in [-0.39, 0.29) is 45.1 Å². The summed E-state index contributed by atoms with van der Waals surface area (Å²) < 4.78 is 63.1. The maximum absolute atomic E-state index is 11.5. The van der Waals surface area contributed by atoms with E-state index in [2.05, 4.69) is 0 Å². The lowest BCUT2D eigenvalue weighted by molar-refractivity contribution is 0.0527. The topological polar surface area (TPSA) is 300 Å². The van der Waals surface area contributed by atoms with Crippen LogP contribution in [0.5, 0.6) is 5.75 Å². The molecule has 0 amide bonds. The maximum Gasteiger partial charge on any atom is 0.340 e. The number of benzene rings is 3. The SMILES string of the molecule is CCOC(=O)c1ccccc1N.COc1ccc(S(=O)(=O)CCO)cc1N.Nc1cc(S(=O)(=O)O)c(N)c(N)c1N. The largest absolute Gasteiger partial charge is 0.495 e. The van der Waals surface area contributed by atoms with Crippen molar-refractivity contribution in [3.05, 3.63) is 54.1 Å². The molecule has 0 spiro atoms. The molecule has 0 aliphatic carbocycles. The molecule has 0 saturated carbocycles. The second-order valence-corrected chi connectivity index (χ2v) is 11.4. The van der Waals surface area contributed by atoms with E-state index in [1.807, 2.05) is 0 Å². The molecule has 3 aromatic carbocycles. The molecule has 0 aliphatic rings. The highest BCUT2D eigenvalue weighted by Gasteiger charge is 2.19. The van der Waals surface area contributed by atoms with Crippen LogP contribution in [-0.2, 0) is 24.7 Å². The van der Waals surface area contributed by atoms with Crippen molar-refractivity contribution in [2.45, 2.75) is 16.7 Å². The third-order valence-corrected chi connectivity index (χ3v) is 7.68. The molecule has 0 unspecified atom stereocenters. The Balaban J connectivity index is 0.000000309. The van der Waals surface area contributed by atoms with E-state index < -0.39 is 31.5 Å². The number of nitrogen functional groups attached to an aromatic ring is 6. The third-order valence-electron chi connectivity index (χ3n) is 5.10. The van der Waals surface area contributed by atoms with Gasteiger partial charge >= 0.3 is 5.97 Å². The lowest BCUT2D eigenvalue weighted by Gasteiger charge is -2.10. The zero-order valence-corrected chi connectivity index (χ0v) is 23.9. The number of carbonyl (C=O) groups excluding carboxylic acids is 1. The van der Waals surface area contributed by atoms with Crippen molar-refractivity contribution in [3.8, 4) is 5.75 Å². The number of hydrogen-bond acceptors (Lipinski definition) is 14. The molecule has 17 heteroatoms. The Labute approximate surface area is 237 Å². The number of anilines is 6. The Kier molecular flexibility index (Phi) is 12.5. The van der Waals surface area contributed by atoms with Crippen molar-refractivity contribution in [2.24, 2.45) is 0 Å². The number of sulfone groups is 1. The zero-order chi connectivity index (χ0) is 31.5. The summed E-state index contributed by atoms with van der Waals surface area (Å²) in [5, 5.41) is 8.60. The normalized spacial score (nSPS) is 10.8. The van der Waals surface area contributed by atoms with Gasteiger partial charge < -0.3 is 49.0 Å². The number of rotatable bonds is 7. The first-order valence-corrected chi connectivity index (χ1v) is 14.6. The number of para-hydroxylation sites is 1. The van der Waals surface area contributed by atoms with Gasteiger partial charge in [-0.1, -0.05) is 12.1 Å². The molecule has 0 atom stereocenters. The molecule has 0 radical (unpaired) electrons. The van der Waals surface area contributed by atoms with E-state index in [9.17, 15) is 21.6 Å². The number of methoxy groups -OCH3 is 1. The van der Waals surface area contributed by atoms with Gasteiger partial charge in [0.25, 0.3) is 10.1 Å². The van der Waals surface area contributed by atoms with Crippen LogP contribution in [0.15, 0.2) is 58.3 Å². The molecule has 14 N–H and O–H groups in total. The van der Waals surface area contributed by atoms with Crippen LogP contribution in [0.25, 0.3) is 0 Å². The average molecular weight is 615 g/mol. The molecular formula is C24H34N6O9S2. The standard InChI is InChI=1S/C9H13NO4S.C9H11NO2.C6H10N4O3S/c1-14-9-3-2-7(6-8(9)10)15(12,13)5-4-11;1-2-12-9(11)7-5-3-4-6-8(7)10;7-2-1-3(14(11,12)13)5(9)6(10)4(2)8/h2-3,6,11H,4-5,10H2,1H3;3-6H,2,10H2,1H3;1H,7-10H2,(H,11,12,13). The maximum atomic E-state index is 11.5. The molecule has 0 fully saturated rings. The van der Waals surface area contributed by atoms with Crippen LogP contribution in [0.1, 0.15) is 17.3 Å². The van der Waals surface area contributed by atoms with Crippen molar-refractivity contribution in [3.63, 3.8) is 0 Å². The predicted molar refractivity (Wildman–Crippen MR) is 157 cm³/mol. The number of nitrogens with two attached hydrogens (primary N) is 6. The van der Waals surface area contributed by atoms with Gasteiger partial charge in [-0.2, -0.15) is 8.42 Å². The van der Waals surface area contributed by atoms with Gasteiger partial charge in [0.05, 0.1) is 65.0 Å². The van der Waals surface area contributed by atoms with Gasteiger partial charge in [0.15, 0.2) is 9.84 Å². The molecule has 0 aromatic heterocycles. The first kappa shape index (κ1) is 34.6. The summed E-state index contributed by atoms with van der Waals surface area (Å²) in [6.45, 7) is 1.72. The quantitative estimate of drug-likeness (QED) is 0.103. The number of ether oxygens (including phenoxy) is 2. The number of aliphatic hydroxyl groups is 1. The highest BCUT2D eigenvalue weighted by molar-refractivity contribution is 7.91. The summed E-state index contributed by atoms with van der Waals surface area (Å²) in [5.74, 6) is -0.243. The second kappa shape index (κ2) is 14.8. The molecule has 3 rings (SSSR count). The highest BCUT2D eigenvalue weighted by atomic mass is 32.2. The second-order valence-electron chi connectivity index (χ2n) is 7.93. The summed E-state index contributed by atoms with van der Waals surface area (Å²) in [7, 11) is -6.43. The number of aliphatic hydroxyl groups excluding tert-OH is 1. The molecule has 0 bridgehead atoms. The molecular weight excluding hydrogens is 580 g/mol. The third kappa shape index (κ3) is 9.60. The van der Waals surface area contributed by atoms with Crippen LogP contribution in [-0.4, -0.2) is 58.5 Å². The fourth-order valence-electron chi connectivity index (χ4n) is 2.98.